The highest BCUT2D eigenvalue weighted by molar-refractivity contribution is 6.00. The summed E-state index contributed by atoms with van der Waals surface area (Å²) in [5.74, 6) is -1.22. The first-order valence-electron chi connectivity index (χ1n) is 8.94. The lowest BCUT2D eigenvalue weighted by Gasteiger charge is -2.29. The van der Waals surface area contributed by atoms with Crippen molar-refractivity contribution in [3.05, 3.63) is 59.4 Å². The van der Waals surface area contributed by atoms with Crippen LogP contribution in [0.25, 0.3) is 0 Å². The van der Waals surface area contributed by atoms with E-state index < -0.39 is 18.0 Å². The lowest BCUT2D eigenvalue weighted by Crippen LogP contribution is -2.38. The van der Waals surface area contributed by atoms with E-state index in [4.69, 9.17) is 9.84 Å². The van der Waals surface area contributed by atoms with Crippen LogP contribution < -0.4 is 10.1 Å². The van der Waals surface area contributed by atoms with Crippen LogP contribution in [0.4, 0.5) is 10.1 Å². The van der Waals surface area contributed by atoms with Gasteiger partial charge in [-0.25, -0.2) is 9.18 Å². The molecule has 2 aromatic carbocycles. The van der Waals surface area contributed by atoms with Gasteiger partial charge in [-0.15, -0.1) is 0 Å². The lowest BCUT2D eigenvalue weighted by atomic mass is 9.77. The van der Waals surface area contributed by atoms with Crippen LogP contribution in [0.3, 0.4) is 0 Å². The smallest absolute Gasteiger partial charge is 0.341 e. The standard InChI is InChI=1S/C21H22FNO4/c1-14-12-15(27-13-19(24)25)8-9-18(14)23-20(26)21(10-4-5-11-21)16-6-2-3-7-17(16)22/h2-3,6-9,12H,4-5,10-11,13H2,1H3,(H,23,26)(H,24,25). The Hall–Kier alpha value is -2.89. The fourth-order valence-electron chi connectivity index (χ4n) is 3.70. The van der Waals surface area contributed by atoms with E-state index in [0.717, 1.165) is 18.4 Å². The number of aryl methyl sites for hydroxylation is 1. The predicted molar refractivity (Wildman–Crippen MR) is 99.5 cm³/mol. The van der Waals surface area contributed by atoms with Gasteiger partial charge in [0.2, 0.25) is 5.91 Å². The summed E-state index contributed by atoms with van der Waals surface area (Å²) in [4.78, 5) is 23.8. The number of carboxylic acid groups (broad SMARTS) is 1. The molecule has 142 valence electrons. The Morgan fingerprint density at radius 1 is 1.19 bits per heavy atom. The average Bonchev–Trinajstić information content (AvgIpc) is 3.13. The molecule has 1 aliphatic carbocycles. The molecule has 1 fully saturated rings. The number of hydrogen-bond acceptors (Lipinski definition) is 3. The molecule has 0 aromatic heterocycles. The van der Waals surface area contributed by atoms with Gasteiger partial charge in [0, 0.05) is 11.3 Å². The molecule has 0 spiro atoms. The monoisotopic (exact) mass is 371 g/mol. The number of benzene rings is 2. The highest BCUT2D eigenvalue weighted by Gasteiger charge is 2.44. The molecule has 0 saturated heterocycles. The molecule has 1 aliphatic rings. The first-order valence-corrected chi connectivity index (χ1v) is 8.94. The minimum Gasteiger partial charge on any atom is -0.482 e. The summed E-state index contributed by atoms with van der Waals surface area (Å²) in [6.07, 6.45) is 2.97. The van der Waals surface area contributed by atoms with Crippen molar-refractivity contribution < 1.29 is 23.8 Å². The van der Waals surface area contributed by atoms with Crippen molar-refractivity contribution in [2.45, 2.75) is 38.0 Å². The zero-order valence-electron chi connectivity index (χ0n) is 15.1. The van der Waals surface area contributed by atoms with Crippen molar-refractivity contribution in [1.82, 2.24) is 0 Å². The Balaban J connectivity index is 1.83. The van der Waals surface area contributed by atoms with Crippen molar-refractivity contribution in [1.29, 1.82) is 0 Å². The normalized spacial score (nSPS) is 15.3. The summed E-state index contributed by atoms with van der Waals surface area (Å²) < 4.78 is 19.6. The molecule has 0 heterocycles. The summed E-state index contributed by atoms with van der Waals surface area (Å²) in [7, 11) is 0. The molecule has 0 bridgehead atoms. The fraction of sp³-hybridized carbons (Fsp3) is 0.333. The molecule has 2 aromatic rings. The van der Waals surface area contributed by atoms with Crippen molar-refractivity contribution in [3.8, 4) is 5.75 Å². The second kappa shape index (κ2) is 7.78. The first-order chi connectivity index (χ1) is 12.9. The molecular weight excluding hydrogens is 349 g/mol. The van der Waals surface area contributed by atoms with E-state index in [1.165, 1.54) is 6.07 Å². The van der Waals surface area contributed by atoms with E-state index >= 15 is 0 Å². The summed E-state index contributed by atoms with van der Waals surface area (Å²) in [6, 6.07) is 11.4. The number of aliphatic carboxylic acids is 1. The van der Waals surface area contributed by atoms with E-state index in [1.807, 2.05) is 0 Å². The van der Waals surface area contributed by atoms with Crippen molar-refractivity contribution in [2.75, 3.05) is 11.9 Å². The molecule has 27 heavy (non-hydrogen) atoms. The zero-order valence-corrected chi connectivity index (χ0v) is 15.1. The molecule has 0 aliphatic heterocycles. The maximum Gasteiger partial charge on any atom is 0.341 e. The third kappa shape index (κ3) is 3.94. The summed E-state index contributed by atoms with van der Waals surface area (Å²) in [5, 5.41) is 11.6. The number of amides is 1. The number of hydrogen-bond donors (Lipinski definition) is 2. The summed E-state index contributed by atoms with van der Waals surface area (Å²) in [6.45, 7) is 1.37. The second-order valence-corrected chi connectivity index (χ2v) is 6.88. The zero-order chi connectivity index (χ0) is 19.4. The minimum atomic E-state index is -1.06. The highest BCUT2D eigenvalue weighted by Crippen LogP contribution is 2.43. The van der Waals surface area contributed by atoms with Crippen LogP contribution in [0.15, 0.2) is 42.5 Å². The van der Waals surface area contributed by atoms with Crippen LogP contribution in [0.2, 0.25) is 0 Å². The Labute approximate surface area is 157 Å². The van der Waals surface area contributed by atoms with E-state index in [0.29, 0.717) is 29.8 Å². The number of rotatable bonds is 6. The number of carboxylic acids is 1. The van der Waals surface area contributed by atoms with Crippen LogP contribution in [-0.4, -0.2) is 23.6 Å². The molecule has 6 heteroatoms. The van der Waals surface area contributed by atoms with Gasteiger partial charge in [-0.3, -0.25) is 4.79 Å². The molecule has 1 amide bonds. The minimum absolute atomic E-state index is 0.215. The van der Waals surface area contributed by atoms with Crippen LogP contribution in [-0.2, 0) is 15.0 Å². The van der Waals surface area contributed by atoms with Gasteiger partial charge in [0.25, 0.3) is 0 Å². The average molecular weight is 371 g/mol. The van der Waals surface area contributed by atoms with Crippen LogP contribution >= 0.6 is 0 Å². The highest BCUT2D eigenvalue weighted by atomic mass is 19.1. The number of nitrogens with one attached hydrogen (secondary N) is 1. The van der Waals surface area contributed by atoms with Crippen molar-refractivity contribution in [2.24, 2.45) is 0 Å². The molecule has 2 N–H and O–H groups in total. The van der Waals surface area contributed by atoms with Gasteiger partial charge >= 0.3 is 5.97 Å². The molecule has 1 saturated carbocycles. The molecule has 3 rings (SSSR count). The van der Waals surface area contributed by atoms with Gasteiger partial charge in [0.1, 0.15) is 11.6 Å². The third-order valence-corrected chi connectivity index (χ3v) is 5.09. The van der Waals surface area contributed by atoms with E-state index in [-0.39, 0.29) is 11.7 Å². The van der Waals surface area contributed by atoms with E-state index in [2.05, 4.69) is 5.32 Å². The quantitative estimate of drug-likeness (QED) is 0.803. The summed E-state index contributed by atoms with van der Waals surface area (Å²) >= 11 is 0. The van der Waals surface area contributed by atoms with E-state index in [1.54, 1.807) is 43.3 Å². The number of ether oxygens (including phenoxy) is 1. The SMILES string of the molecule is Cc1cc(OCC(=O)O)ccc1NC(=O)C1(c2ccccc2F)CCCC1. The Morgan fingerprint density at radius 2 is 1.89 bits per heavy atom. The van der Waals surface area contributed by atoms with Gasteiger partial charge in [-0.2, -0.15) is 0 Å². The fourth-order valence-corrected chi connectivity index (χ4v) is 3.70. The molecule has 0 radical (unpaired) electrons. The lowest BCUT2D eigenvalue weighted by molar-refractivity contribution is -0.139. The Bertz CT molecular complexity index is 859. The molecule has 0 unspecified atom stereocenters. The van der Waals surface area contributed by atoms with Gasteiger partial charge in [-0.05, 0) is 49.6 Å². The molecule has 5 nitrogen and oxygen atoms in total. The topological polar surface area (TPSA) is 75.6 Å². The largest absolute Gasteiger partial charge is 0.482 e. The molecule has 0 atom stereocenters. The first kappa shape index (κ1) is 18.9. The maximum absolute atomic E-state index is 14.4. The van der Waals surface area contributed by atoms with Crippen LogP contribution in [0, 0.1) is 12.7 Å². The number of halogens is 1. The van der Waals surface area contributed by atoms with E-state index in [9.17, 15) is 14.0 Å². The maximum atomic E-state index is 14.4. The number of anilines is 1. The number of carbonyl (C=O) groups is 2. The van der Waals surface area contributed by atoms with Crippen LogP contribution in [0.1, 0.15) is 36.8 Å². The Morgan fingerprint density at radius 3 is 2.52 bits per heavy atom. The van der Waals surface area contributed by atoms with Gasteiger partial charge in [0.05, 0.1) is 5.41 Å². The van der Waals surface area contributed by atoms with Crippen molar-refractivity contribution in [3.63, 3.8) is 0 Å². The predicted octanol–water partition coefficient (Wildman–Crippen LogP) is 4.05. The van der Waals surface area contributed by atoms with Crippen molar-refractivity contribution >= 4 is 17.6 Å². The molecular formula is C21H22FNO4. The third-order valence-electron chi connectivity index (χ3n) is 5.09. The Kier molecular flexibility index (Phi) is 5.44. The number of carbonyl (C=O) groups excluding carboxylic acids is 1. The van der Waals surface area contributed by atoms with Gasteiger partial charge < -0.3 is 15.2 Å². The van der Waals surface area contributed by atoms with Gasteiger partial charge in [0.15, 0.2) is 6.61 Å². The van der Waals surface area contributed by atoms with Gasteiger partial charge in [-0.1, -0.05) is 31.0 Å². The second-order valence-electron chi connectivity index (χ2n) is 6.88. The van der Waals surface area contributed by atoms with Crippen LogP contribution in [0.5, 0.6) is 5.75 Å². The summed E-state index contributed by atoms with van der Waals surface area (Å²) in [5.41, 5.74) is 0.924.